The van der Waals surface area contributed by atoms with E-state index in [0.29, 0.717) is 21.5 Å². The lowest BCUT2D eigenvalue weighted by Crippen LogP contribution is -2.40. The van der Waals surface area contributed by atoms with Crippen molar-refractivity contribution in [3.63, 3.8) is 0 Å². The van der Waals surface area contributed by atoms with Gasteiger partial charge in [0.25, 0.3) is 5.91 Å². The van der Waals surface area contributed by atoms with Gasteiger partial charge in [-0.2, -0.15) is 0 Å². The van der Waals surface area contributed by atoms with Crippen LogP contribution in [0.3, 0.4) is 0 Å². The minimum atomic E-state index is -3.11. The SMILES string of the molecule is O=C(c1ccc(Br)o1)N(Cc1ccc(Br)o1)[C@H]1CCS(=O)(=O)C1. The van der Waals surface area contributed by atoms with Crippen molar-refractivity contribution in [2.75, 3.05) is 11.5 Å². The molecule has 6 nitrogen and oxygen atoms in total. The highest BCUT2D eigenvalue weighted by atomic mass is 79.9. The molecule has 2 aromatic heterocycles. The number of hydrogen-bond donors (Lipinski definition) is 0. The van der Waals surface area contributed by atoms with Gasteiger partial charge in [-0.1, -0.05) is 0 Å². The molecule has 3 heterocycles. The first-order valence-corrected chi connectivity index (χ1v) is 10.3. The zero-order valence-electron chi connectivity index (χ0n) is 11.9. The summed E-state index contributed by atoms with van der Waals surface area (Å²) in [7, 11) is -3.11. The molecule has 1 amide bonds. The molecule has 3 rings (SSSR count). The van der Waals surface area contributed by atoms with Gasteiger partial charge in [0.15, 0.2) is 24.9 Å². The lowest BCUT2D eigenvalue weighted by Gasteiger charge is -2.26. The van der Waals surface area contributed by atoms with Crippen molar-refractivity contribution in [1.82, 2.24) is 4.90 Å². The molecule has 0 radical (unpaired) electrons. The van der Waals surface area contributed by atoms with E-state index in [1.165, 1.54) is 4.90 Å². The summed E-state index contributed by atoms with van der Waals surface area (Å²) in [5.41, 5.74) is 0. The molecule has 1 saturated heterocycles. The second-order valence-corrected chi connectivity index (χ2v) is 9.09. The third kappa shape index (κ3) is 3.89. The maximum atomic E-state index is 12.7. The number of hydrogen-bond acceptors (Lipinski definition) is 5. The number of nitrogens with zero attached hydrogens (tertiary/aromatic N) is 1. The Kier molecular flexibility index (Phi) is 4.70. The molecule has 124 valence electrons. The fourth-order valence-electron chi connectivity index (χ4n) is 2.56. The van der Waals surface area contributed by atoms with E-state index in [-0.39, 0.29) is 35.8 Å². The summed E-state index contributed by atoms with van der Waals surface area (Å²) in [6.45, 7) is 0.183. The van der Waals surface area contributed by atoms with Crippen molar-refractivity contribution in [1.29, 1.82) is 0 Å². The molecule has 0 bridgehead atoms. The first-order chi connectivity index (χ1) is 10.8. The van der Waals surface area contributed by atoms with E-state index >= 15 is 0 Å². The van der Waals surface area contributed by atoms with Crippen LogP contribution in [0.25, 0.3) is 0 Å². The largest absolute Gasteiger partial charge is 0.452 e. The van der Waals surface area contributed by atoms with Crippen molar-refractivity contribution < 1.29 is 22.0 Å². The quantitative estimate of drug-likeness (QED) is 0.690. The molecule has 1 atom stereocenters. The lowest BCUT2D eigenvalue weighted by atomic mass is 10.2. The highest BCUT2D eigenvalue weighted by molar-refractivity contribution is 9.10. The summed E-state index contributed by atoms with van der Waals surface area (Å²) < 4.78 is 35.3. The standard InChI is InChI=1S/C14H13Br2NO5S/c15-12-3-1-10(21-12)7-17(9-5-6-23(19,20)8-9)14(18)11-2-4-13(16)22-11/h1-4,9H,5-8H2/t9-/m0/s1. The number of furan rings is 2. The molecule has 2 aromatic rings. The zero-order chi connectivity index (χ0) is 16.6. The van der Waals surface area contributed by atoms with Crippen molar-refractivity contribution in [3.8, 4) is 0 Å². The van der Waals surface area contributed by atoms with Crippen molar-refractivity contribution in [2.45, 2.75) is 19.0 Å². The molecule has 1 aliphatic rings. The van der Waals surface area contributed by atoms with Gasteiger partial charge in [0, 0.05) is 6.04 Å². The first-order valence-electron chi connectivity index (χ1n) is 6.85. The molecule has 0 spiro atoms. The Morgan fingerprint density at radius 3 is 2.39 bits per heavy atom. The Labute approximate surface area is 150 Å². The summed E-state index contributed by atoms with van der Waals surface area (Å²) in [5.74, 6) is 0.422. The maximum Gasteiger partial charge on any atom is 0.290 e. The number of halogens is 2. The normalized spacial score (nSPS) is 19.8. The molecule has 0 aliphatic carbocycles. The predicted molar refractivity (Wildman–Crippen MR) is 89.7 cm³/mol. The van der Waals surface area contributed by atoms with E-state index in [4.69, 9.17) is 8.83 Å². The maximum absolute atomic E-state index is 12.7. The van der Waals surface area contributed by atoms with E-state index in [1.807, 2.05) is 0 Å². The molecule has 23 heavy (non-hydrogen) atoms. The third-order valence-electron chi connectivity index (χ3n) is 3.65. The van der Waals surface area contributed by atoms with Crippen LogP contribution in [-0.4, -0.2) is 36.8 Å². The summed E-state index contributed by atoms with van der Waals surface area (Å²) >= 11 is 6.38. The predicted octanol–water partition coefficient (Wildman–Crippen LogP) is 3.23. The van der Waals surface area contributed by atoms with Crippen LogP contribution in [0.1, 0.15) is 22.7 Å². The van der Waals surface area contributed by atoms with Gasteiger partial charge < -0.3 is 13.7 Å². The molecular formula is C14H13Br2NO5S. The molecule has 0 unspecified atom stereocenters. The van der Waals surface area contributed by atoms with Crippen LogP contribution >= 0.6 is 31.9 Å². The van der Waals surface area contributed by atoms with Gasteiger partial charge in [0.2, 0.25) is 0 Å². The Balaban J connectivity index is 1.88. The van der Waals surface area contributed by atoms with E-state index in [1.54, 1.807) is 24.3 Å². The van der Waals surface area contributed by atoms with Crippen molar-refractivity contribution in [3.05, 3.63) is 45.1 Å². The van der Waals surface area contributed by atoms with E-state index in [0.717, 1.165) is 0 Å². The lowest BCUT2D eigenvalue weighted by molar-refractivity contribution is 0.0631. The first kappa shape index (κ1) is 16.8. The van der Waals surface area contributed by atoms with E-state index in [2.05, 4.69) is 31.9 Å². The second kappa shape index (κ2) is 6.45. The highest BCUT2D eigenvalue weighted by Crippen LogP contribution is 2.25. The average Bonchev–Trinajstić information content (AvgIpc) is 3.17. The summed E-state index contributed by atoms with van der Waals surface area (Å²) in [5, 5.41) is 0. The van der Waals surface area contributed by atoms with Crippen LogP contribution in [-0.2, 0) is 16.4 Å². The summed E-state index contributed by atoms with van der Waals surface area (Å²) in [6.07, 6.45) is 0.415. The number of rotatable bonds is 4. The summed E-state index contributed by atoms with van der Waals surface area (Å²) in [4.78, 5) is 14.2. The van der Waals surface area contributed by atoms with Gasteiger partial charge >= 0.3 is 0 Å². The van der Waals surface area contributed by atoms with Crippen LogP contribution in [0, 0.1) is 0 Å². The number of amides is 1. The highest BCUT2D eigenvalue weighted by Gasteiger charge is 2.36. The van der Waals surface area contributed by atoms with Gasteiger partial charge in [-0.05, 0) is 62.5 Å². The molecule has 1 fully saturated rings. The zero-order valence-corrected chi connectivity index (χ0v) is 15.9. The summed E-state index contributed by atoms with van der Waals surface area (Å²) in [6, 6.07) is 6.26. The monoisotopic (exact) mass is 465 g/mol. The van der Waals surface area contributed by atoms with Gasteiger partial charge in [0.1, 0.15) is 5.76 Å². The van der Waals surface area contributed by atoms with E-state index in [9.17, 15) is 13.2 Å². The molecule has 0 N–H and O–H groups in total. The molecular weight excluding hydrogens is 454 g/mol. The van der Waals surface area contributed by atoms with Gasteiger partial charge in [0.05, 0.1) is 18.1 Å². The number of sulfone groups is 1. The third-order valence-corrected chi connectivity index (χ3v) is 6.25. The van der Waals surface area contributed by atoms with Crippen molar-refractivity contribution >= 4 is 47.6 Å². The molecule has 1 aliphatic heterocycles. The smallest absolute Gasteiger partial charge is 0.290 e. The Bertz CT molecular complexity index is 826. The molecule has 0 saturated carbocycles. The Morgan fingerprint density at radius 1 is 1.17 bits per heavy atom. The van der Waals surface area contributed by atoms with Gasteiger partial charge in [-0.3, -0.25) is 4.79 Å². The van der Waals surface area contributed by atoms with Crippen LogP contribution in [0.5, 0.6) is 0 Å². The average molecular weight is 467 g/mol. The van der Waals surface area contributed by atoms with Crippen LogP contribution in [0.4, 0.5) is 0 Å². The fraction of sp³-hybridized carbons (Fsp3) is 0.357. The van der Waals surface area contributed by atoms with E-state index < -0.39 is 9.84 Å². The van der Waals surface area contributed by atoms with Crippen LogP contribution in [0.2, 0.25) is 0 Å². The molecule has 0 aromatic carbocycles. The minimum absolute atomic E-state index is 0.0392. The fourth-order valence-corrected chi connectivity index (χ4v) is 4.94. The number of carbonyl (C=O) groups excluding carboxylic acids is 1. The Morgan fingerprint density at radius 2 is 1.87 bits per heavy atom. The van der Waals surface area contributed by atoms with Crippen LogP contribution in [0.15, 0.2) is 42.4 Å². The topological polar surface area (TPSA) is 80.7 Å². The van der Waals surface area contributed by atoms with Crippen LogP contribution < -0.4 is 0 Å². The van der Waals surface area contributed by atoms with Gasteiger partial charge in [-0.15, -0.1) is 0 Å². The van der Waals surface area contributed by atoms with Crippen molar-refractivity contribution in [2.24, 2.45) is 0 Å². The van der Waals surface area contributed by atoms with Gasteiger partial charge in [-0.25, -0.2) is 8.42 Å². The second-order valence-electron chi connectivity index (χ2n) is 5.30. The Hall–Kier alpha value is -1.06. The minimum Gasteiger partial charge on any atom is -0.452 e. The molecule has 9 heteroatoms. The number of carbonyl (C=O) groups is 1.